The van der Waals surface area contributed by atoms with Gasteiger partial charge in [0.05, 0.1) is 25.4 Å². The number of nitrogens with zero attached hydrogens (tertiary/aromatic N) is 3. The van der Waals surface area contributed by atoms with Crippen molar-refractivity contribution in [3.8, 4) is 5.75 Å². The van der Waals surface area contributed by atoms with E-state index >= 15 is 0 Å². The van der Waals surface area contributed by atoms with Crippen LogP contribution < -0.4 is 4.74 Å². The first-order valence-electron chi connectivity index (χ1n) is 7.25. The highest BCUT2D eigenvalue weighted by molar-refractivity contribution is 6.31. The fraction of sp³-hybridized carbons (Fsp3) is 0.400. The van der Waals surface area contributed by atoms with Crippen molar-refractivity contribution in [1.29, 1.82) is 0 Å². The van der Waals surface area contributed by atoms with Crippen molar-refractivity contribution in [3.05, 3.63) is 40.7 Å². The van der Waals surface area contributed by atoms with Gasteiger partial charge >= 0.3 is 0 Å². The molecule has 0 aliphatic carbocycles. The molecule has 2 N–H and O–H groups in total. The Morgan fingerprint density at radius 1 is 1.52 bits per heavy atom. The molecule has 0 bridgehead atoms. The Kier molecular flexibility index (Phi) is 4.23. The summed E-state index contributed by atoms with van der Waals surface area (Å²) >= 11 is 6.00. The molecule has 2 aromatic rings. The van der Waals surface area contributed by atoms with E-state index in [9.17, 15) is 9.90 Å². The number of β-amino-alcohol motifs (C(OH)–C–C–N with tert-alkyl or cyclic N) is 1. The van der Waals surface area contributed by atoms with E-state index in [0.717, 1.165) is 0 Å². The number of aliphatic hydroxyl groups is 1. The number of carbonyl (C=O) groups is 1. The lowest BCUT2D eigenvalue weighted by molar-refractivity contribution is -0.0321. The quantitative estimate of drug-likeness (QED) is 0.888. The second-order valence-electron chi connectivity index (χ2n) is 5.56. The van der Waals surface area contributed by atoms with Gasteiger partial charge in [-0.05, 0) is 31.0 Å². The highest BCUT2D eigenvalue weighted by Crippen LogP contribution is 2.32. The summed E-state index contributed by atoms with van der Waals surface area (Å²) < 4.78 is 5.24. The van der Waals surface area contributed by atoms with Gasteiger partial charge in [-0.15, -0.1) is 0 Å². The topological polar surface area (TPSA) is 91.3 Å². The molecule has 1 saturated heterocycles. The SMILES string of the molecule is COc1ccc(Cl)cc1C(=O)N1CCCC(O)(c2cn[nH]n2)C1. The summed E-state index contributed by atoms with van der Waals surface area (Å²) in [6.45, 7) is 0.697. The van der Waals surface area contributed by atoms with Gasteiger partial charge in [-0.1, -0.05) is 11.6 Å². The monoisotopic (exact) mass is 336 g/mol. The van der Waals surface area contributed by atoms with Crippen molar-refractivity contribution in [2.24, 2.45) is 0 Å². The van der Waals surface area contributed by atoms with Crippen molar-refractivity contribution in [2.75, 3.05) is 20.2 Å². The summed E-state index contributed by atoms with van der Waals surface area (Å²) in [6.07, 6.45) is 2.67. The number of hydrogen-bond acceptors (Lipinski definition) is 5. The lowest BCUT2D eigenvalue weighted by Gasteiger charge is -2.38. The minimum Gasteiger partial charge on any atom is -0.496 e. The Hall–Kier alpha value is -2.12. The minimum atomic E-state index is -1.20. The first-order valence-corrected chi connectivity index (χ1v) is 7.63. The number of ether oxygens (including phenoxy) is 1. The zero-order chi connectivity index (χ0) is 16.4. The van der Waals surface area contributed by atoms with Crippen LogP contribution in [0, 0.1) is 0 Å². The number of hydrogen-bond donors (Lipinski definition) is 2. The summed E-state index contributed by atoms with van der Waals surface area (Å²) in [6, 6.07) is 4.90. The summed E-state index contributed by atoms with van der Waals surface area (Å²) in [4.78, 5) is 14.4. The Balaban J connectivity index is 1.87. The number of benzene rings is 1. The van der Waals surface area contributed by atoms with Crippen LogP contribution in [0.15, 0.2) is 24.4 Å². The number of aromatic amines is 1. The van der Waals surface area contributed by atoms with Crippen LogP contribution in [0.3, 0.4) is 0 Å². The van der Waals surface area contributed by atoms with Gasteiger partial charge in [0.25, 0.3) is 5.91 Å². The summed E-state index contributed by atoms with van der Waals surface area (Å²) in [7, 11) is 1.50. The van der Waals surface area contributed by atoms with Gasteiger partial charge in [0.1, 0.15) is 17.0 Å². The summed E-state index contributed by atoms with van der Waals surface area (Å²) in [5.74, 6) is 0.223. The Morgan fingerprint density at radius 2 is 2.35 bits per heavy atom. The normalized spacial score (nSPS) is 21.3. The maximum absolute atomic E-state index is 12.8. The highest BCUT2D eigenvalue weighted by atomic mass is 35.5. The Bertz CT molecular complexity index is 707. The number of amides is 1. The fourth-order valence-electron chi connectivity index (χ4n) is 2.86. The molecule has 1 fully saturated rings. The van der Waals surface area contributed by atoms with Gasteiger partial charge in [0.15, 0.2) is 0 Å². The van der Waals surface area contributed by atoms with Crippen LogP contribution in [0.2, 0.25) is 5.02 Å². The molecule has 3 rings (SSSR count). The van der Waals surface area contributed by atoms with Crippen molar-refractivity contribution >= 4 is 17.5 Å². The predicted molar refractivity (Wildman–Crippen MR) is 83.4 cm³/mol. The summed E-state index contributed by atoms with van der Waals surface area (Å²) in [5.41, 5.74) is -0.385. The number of H-pyrrole nitrogens is 1. The Morgan fingerprint density at radius 3 is 3.04 bits per heavy atom. The van der Waals surface area contributed by atoms with Crippen LogP contribution in [-0.4, -0.2) is 51.5 Å². The number of nitrogens with one attached hydrogen (secondary N) is 1. The van der Waals surface area contributed by atoms with Crippen molar-refractivity contribution < 1.29 is 14.6 Å². The van der Waals surface area contributed by atoms with Crippen molar-refractivity contribution in [2.45, 2.75) is 18.4 Å². The minimum absolute atomic E-state index is 0.147. The van der Waals surface area contributed by atoms with E-state index in [4.69, 9.17) is 16.3 Å². The maximum Gasteiger partial charge on any atom is 0.257 e. The molecular formula is C15H17ClN4O3. The van der Waals surface area contributed by atoms with Gasteiger partial charge in [-0.2, -0.15) is 15.4 Å². The zero-order valence-corrected chi connectivity index (χ0v) is 13.4. The van der Waals surface area contributed by atoms with Crippen LogP contribution in [0.5, 0.6) is 5.75 Å². The molecule has 1 aromatic heterocycles. The van der Waals surface area contributed by atoms with Crippen LogP contribution in [0.4, 0.5) is 0 Å². The van der Waals surface area contributed by atoms with E-state index in [0.29, 0.717) is 41.4 Å². The van der Waals surface area contributed by atoms with Gasteiger partial charge in [0.2, 0.25) is 0 Å². The van der Waals surface area contributed by atoms with Crippen LogP contribution >= 0.6 is 11.6 Å². The molecule has 1 aliphatic heterocycles. The fourth-order valence-corrected chi connectivity index (χ4v) is 3.03. The molecule has 8 heteroatoms. The van der Waals surface area contributed by atoms with Crippen LogP contribution in [0.1, 0.15) is 28.9 Å². The van der Waals surface area contributed by atoms with Crippen LogP contribution in [0.25, 0.3) is 0 Å². The van der Waals surface area contributed by atoms with Gasteiger partial charge in [-0.3, -0.25) is 4.79 Å². The lowest BCUT2D eigenvalue weighted by atomic mass is 9.89. The third-order valence-corrected chi connectivity index (χ3v) is 4.28. The van der Waals surface area contributed by atoms with E-state index in [1.807, 2.05) is 0 Å². The number of carbonyl (C=O) groups excluding carboxylic acids is 1. The van der Waals surface area contributed by atoms with E-state index in [2.05, 4.69) is 15.4 Å². The van der Waals surface area contributed by atoms with Crippen molar-refractivity contribution in [1.82, 2.24) is 20.3 Å². The second-order valence-corrected chi connectivity index (χ2v) is 6.00. The predicted octanol–water partition coefficient (Wildman–Crippen LogP) is 1.59. The zero-order valence-electron chi connectivity index (χ0n) is 12.6. The van der Waals surface area contributed by atoms with Crippen molar-refractivity contribution in [3.63, 3.8) is 0 Å². The summed E-state index contributed by atoms with van der Waals surface area (Å²) in [5, 5.41) is 21.4. The molecule has 0 radical (unpaired) electrons. The molecule has 1 amide bonds. The molecule has 1 unspecified atom stereocenters. The van der Waals surface area contributed by atoms with E-state index in [-0.39, 0.29) is 12.5 Å². The first-order chi connectivity index (χ1) is 11.0. The molecule has 1 atom stereocenters. The number of piperidine rings is 1. The maximum atomic E-state index is 12.8. The molecule has 2 heterocycles. The lowest BCUT2D eigenvalue weighted by Crippen LogP contribution is -2.48. The average Bonchev–Trinajstić information content (AvgIpc) is 3.09. The largest absolute Gasteiger partial charge is 0.496 e. The standard InChI is InChI=1S/C15H17ClN4O3/c1-23-12-4-3-10(16)7-11(12)14(21)20-6-2-5-15(22,9-20)13-8-17-19-18-13/h3-4,7-8,22H,2,5-6,9H2,1H3,(H,17,18,19). The number of likely N-dealkylation sites (tertiary alicyclic amines) is 1. The molecule has 0 spiro atoms. The third kappa shape index (κ3) is 3.02. The molecule has 1 aromatic carbocycles. The molecule has 23 heavy (non-hydrogen) atoms. The Labute approximate surface area is 138 Å². The van der Waals surface area contributed by atoms with Gasteiger partial charge in [-0.25, -0.2) is 0 Å². The number of rotatable bonds is 3. The number of aromatic nitrogens is 3. The first kappa shape index (κ1) is 15.8. The molecular weight excluding hydrogens is 320 g/mol. The van der Waals surface area contributed by atoms with Gasteiger partial charge < -0.3 is 14.7 Å². The smallest absolute Gasteiger partial charge is 0.257 e. The van der Waals surface area contributed by atoms with Crippen LogP contribution in [-0.2, 0) is 5.60 Å². The number of methoxy groups -OCH3 is 1. The average molecular weight is 337 g/mol. The van der Waals surface area contributed by atoms with Gasteiger partial charge in [0, 0.05) is 11.6 Å². The third-order valence-electron chi connectivity index (χ3n) is 4.04. The molecule has 0 saturated carbocycles. The molecule has 1 aliphatic rings. The van der Waals surface area contributed by atoms with E-state index in [1.165, 1.54) is 13.3 Å². The second kappa shape index (κ2) is 6.17. The van der Waals surface area contributed by atoms with E-state index < -0.39 is 5.60 Å². The molecule has 122 valence electrons. The number of halogens is 1. The highest BCUT2D eigenvalue weighted by Gasteiger charge is 2.39. The van der Waals surface area contributed by atoms with E-state index in [1.54, 1.807) is 23.1 Å². The molecule has 7 nitrogen and oxygen atoms in total.